The number of rotatable bonds is 4. The molecule has 0 radical (unpaired) electrons. The Labute approximate surface area is 187 Å². The van der Waals surface area contributed by atoms with Crippen molar-refractivity contribution in [2.24, 2.45) is 21.4 Å². The first-order chi connectivity index (χ1) is 14.6. The molecule has 0 spiro atoms. The number of amides is 1. The first kappa shape index (κ1) is 21.6. The largest absolute Gasteiger partial charge is 0.365 e. The van der Waals surface area contributed by atoms with Crippen LogP contribution in [0.2, 0.25) is 5.02 Å². The van der Waals surface area contributed by atoms with Gasteiger partial charge in [0, 0.05) is 22.5 Å². The molecule has 1 N–H and O–H groups in total. The minimum absolute atomic E-state index is 0.0359. The molecule has 162 valence electrons. The Morgan fingerprint density at radius 2 is 1.77 bits per heavy atom. The average Bonchev–Trinajstić information content (AvgIpc) is 3.06. The van der Waals surface area contributed by atoms with Crippen molar-refractivity contribution < 1.29 is 14.4 Å². The molecule has 2 saturated carbocycles. The summed E-state index contributed by atoms with van der Waals surface area (Å²) in [6.07, 6.45) is 2.03. The number of halogens is 1. The van der Waals surface area contributed by atoms with E-state index in [2.05, 4.69) is 31.2 Å². The van der Waals surface area contributed by atoms with Gasteiger partial charge in [-0.3, -0.25) is 4.79 Å². The minimum atomic E-state index is -0.630. The highest BCUT2D eigenvalue weighted by atomic mass is 35.5. The van der Waals surface area contributed by atoms with Gasteiger partial charge >= 0.3 is 5.97 Å². The number of aryl methyl sites for hydroxylation is 1. The second-order valence-corrected chi connectivity index (χ2v) is 9.85. The van der Waals surface area contributed by atoms with Crippen molar-refractivity contribution in [2.45, 2.75) is 47.0 Å². The fraction of sp³-hybridized carbons (Fsp3) is 0.400. The van der Waals surface area contributed by atoms with Crippen molar-refractivity contribution in [3.8, 4) is 0 Å². The van der Waals surface area contributed by atoms with Crippen LogP contribution >= 0.6 is 11.6 Å². The van der Waals surface area contributed by atoms with Gasteiger partial charge in [-0.2, -0.15) is 0 Å². The number of nitrogens with one attached hydrogen (secondary N) is 1. The van der Waals surface area contributed by atoms with Crippen LogP contribution in [0.5, 0.6) is 0 Å². The number of hydrogen-bond donors (Lipinski definition) is 1. The van der Waals surface area contributed by atoms with Crippen LogP contribution in [0.25, 0.3) is 0 Å². The summed E-state index contributed by atoms with van der Waals surface area (Å²) in [6.45, 7) is 8.30. The van der Waals surface area contributed by atoms with Gasteiger partial charge in [-0.1, -0.05) is 61.8 Å². The highest BCUT2D eigenvalue weighted by Crippen LogP contribution is 2.71. The third kappa shape index (κ3) is 3.26. The van der Waals surface area contributed by atoms with Crippen molar-refractivity contribution in [1.82, 2.24) is 0 Å². The maximum Gasteiger partial charge on any atom is 0.365 e. The summed E-state index contributed by atoms with van der Waals surface area (Å²) in [4.78, 5) is 31.3. The number of oxime groups is 1. The van der Waals surface area contributed by atoms with Crippen molar-refractivity contribution in [3.05, 3.63) is 64.7 Å². The van der Waals surface area contributed by atoms with Crippen LogP contribution in [0.3, 0.4) is 0 Å². The van der Waals surface area contributed by atoms with Crippen molar-refractivity contribution in [3.63, 3.8) is 0 Å². The number of anilines is 1. The molecule has 0 heterocycles. The summed E-state index contributed by atoms with van der Waals surface area (Å²) in [5, 5.41) is 7.97. The molecule has 1 amide bonds. The van der Waals surface area contributed by atoms with Gasteiger partial charge in [0.15, 0.2) is 0 Å². The molecule has 2 bridgehead atoms. The lowest BCUT2D eigenvalue weighted by Gasteiger charge is -2.39. The number of carbonyl (C=O) groups is 2. The Balaban J connectivity index is 1.61. The standard InChI is InChI=1S/C25H27ClN2O3/c1-16-10-11-18(26)14-19(16)27-22(30)25-13-12-24(4,23(25,2)3)20(15-25)28-31-21(29)17-8-6-5-7-9-17/h5-11,14H,12-13,15H2,1-4H3,(H,27,30)/b28-20-. The number of nitrogens with zero attached hydrogens (tertiary/aromatic N) is 1. The molecule has 2 unspecified atom stereocenters. The predicted octanol–water partition coefficient (Wildman–Crippen LogP) is 6.02. The fourth-order valence-electron chi connectivity index (χ4n) is 5.22. The van der Waals surface area contributed by atoms with Crippen LogP contribution < -0.4 is 5.32 Å². The molecule has 0 saturated heterocycles. The fourth-order valence-corrected chi connectivity index (χ4v) is 5.39. The van der Waals surface area contributed by atoms with Gasteiger partial charge in [-0.25, -0.2) is 4.79 Å². The Hall–Kier alpha value is -2.66. The van der Waals surface area contributed by atoms with Gasteiger partial charge in [-0.05, 0) is 55.0 Å². The van der Waals surface area contributed by atoms with E-state index in [9.17, 15) is 9.59 Å². The molecule has 0 aliphatic heterocycles. The van der Waals surface area contributed by atoms with Crippen molar-refractivity contribution in [1.29, 1.82) is 0 Å². The molecule has 2 aliphatic rings. The van der Waals surface area contributed by atoms with E-state index in [0.29, 0.717) is 17.0 Å². The van der Waals surface area contributed by atoms with E-state index in [-0.39, 0.29) is 16.7 Å². The Morgan fingerprint density at radius 3 is 2.48 bits per heavy atom. The lowest BCUT2D eigenvalue weighted by atomic mass is 9.64. The molecular formula is C25H27ClN2O3. The summed E-state index contributed by atoms with van der Waals surface area (Å²) in [6, 6.07) is 14.3. The Kier molecular flexibility index (Phi) is 5.21. The van der Waals surface area contributed by atoms with E-state index in [0.717, 1.165) is 29.8 Å². The van der Waals surface area contributed by atoms with E-state index in [4.69, 9.17) is 16.4 Å². The Bertz CT molecular complexity index is 1080. The monoisotopic (exact) mass is 438 g/mol. The van der Waals surface area contributed by atoms with Gasteiger partial charge in [0.2, 0.25) is 5.91 Å². The molecule has 2 fully saturated rings. The predicted molar refractivity (Wildman–Crippen MR) is 122 cm³/mol. The maximum atomic E-state index is 13.6. The second kappa shape index (κ2) is 7.49. The lowest BCUT2D eigenvalue weighted by molar-refractivity contribution is -0.130. The summed E-state index contributed by atoms with van der Waals surface area (Å²) >= 11 is 6.14. The van der Waals surface area contributed by atoms with E-state index in [1.165, 1.54) is 0 Å². The number of benzene rings is 2. The van der Waals surface area contributed by atoms with Crippen molar-refractivity contribution in [2.75, 3.05) is 5.32 Å². The molecule has 6 heteroatoms. The Morgan fingerprint density at radius 1 is 1.06 bits per heavy atom. The summed E-state index contributed by atoms with van der Waals surface area (Å²) in [5.41, 5.74) is 1.58. The molecule has 5 nitrogen and oxygen atoms in total. The van der Waals surface area contributed by atoms with E-state index < -0.39 is 11.4 Å². The molecule has 2 atom stereocenters. The number of hydrogen-bond acceptors (Lipinski definition) is 4. The molecule has 2 aromatic carbocycles. The van der Waals surface area contributed by atoms with Gasteiger partial charge in [-0.15, -0.1) is 0 Å². The highest BCUT2D eigenvalue weighted by molar-refractivity contribution is 6.31. The zero-order valence-electron chi connectivity index (χ0n) is 18.3. The molecule has 0 aromatic heterocycles. The SMILES string of the molecule is Cc1ccc(Cl)cc1NC(=O)C12CCC(C)(/C(=N\OC(=O)c3ccccc3)C1)C2(C)C. The lowest BCUT2D eigenvalue weighted by Crippen LogP contribution is -2.43. The van der Waals surface area contributed by atoms with E-state index >= 15 is 0 Å². The smallest absolute Gasteiger partial charge is 0.325 e. The summed E-state index contributed by atoms with van der Waals surface area (Å²) in [5.74, 6) is -0.531. The highest BCUT2D eigenvalue weighted by Gasteiger charge is 2.71. The third-order valence-corrected chi connectivity index (χ3v) is 8.10. The minimum Gasteiger partial charge on any atom is -0.325 e. The zero-order chi connectivity index (χ0) is 22.4. The van der Waals surface area contributed by atoms with Crippen LogP contribution in [0.4, 0.5) is 5.69 Å². The van der Waals surface area contributed by atoms with Crippen LogP contribution in [-0.4, -0.2) is 17.6 Å². The summed E-state index contributed by atoms with van der Waals surface area (Å²) < 4.78 is 0. The molecule has 4 rings (SSSR count). The molecular weight excluding hydrogens is 412 g/mol. The average molecular weight is 439 g/mol. The zero-order valence-corrected chi connectivity index (χ0v) is 19.0. The van der Waals surface area contributed by atoms with Gasteiger partial charge in [0.05, 0.1) is 16.7 Å². The van der Waals surface area contributed by atoms with Crippen LogP contribution in [0.15, 0.2) is 53.7 Å². The van der Waals surface area contributed by atoms with E-state index in [1.54, 1.807) is 30.3 Å². The van der Waals surface area contributed by atoms with Gasteiger partial charge in [0.25, 0.3) is 0 Å². The van der Waals surface area contributed by atoms with Crippen LogP contribution in [0, 0.1) is 23.2 Å². The third-order valence-electron chi connectivity index (χ3n) is 7.86. The van der Waals surface area contributed by atoms with Crippen LogP contribution in [0.1, 0.15) is 56.0 Å². The quantitative estimate of drug-likeness (QED) is 0.469. The molecule has 2 aromatic rings. The molecule has 2 aliphatic carbocycles. The normalized spacial score (nSPS) is 27.3. The van der Waals surface area contributed by atoms with Crippen LogP contribution in [-0.2, 0) is 9.63 Å². The van der Waals surface area contributed by atoms with E-state index in [1.807, 2.05) is 25.1 Å². The van der Waals surface area contributed by atoms with Gasteiger partial charge in [0.1, 0.15) is 0 Å². The number of carbonyl (C=O) groups excluding carboxylic acids is 2. The number of fused-ring (bicyclic) bond motifs is 2. The maximum absolute atomic E-state index is 13.6. The van der Waals surface area contributed by atoms with Gasteiger partial charge < -0.3 is 10.2 Å². The van der Waals surface area contributed by atoms with Crippen molar-refractivity contribution >= 4 is 34.9 Å². The summed E-state index contributed by atoms with van der Waals surface area (Å²) in [7, 11) is 0. The molecule has 31 heavy (non-hydrogen) atoms. The first-order valence-electron chi connectivity index (χ1n) is 10.5. The topological polar surface area (TPSA) is 67.8 Å². The first-order valence-corrected chi connectivity index (χ1v) is 10.9. The second-order valence-electron chi connectivity index (χ2n) is 9.41.